The van der Waals surface area contributed by atoms with Gasteiger partial charge in [-0.3, -0.25) is 0 Å². The van der Waals surface area contributed by atoms with Crippen LogP contribution in [0.1, 0.15) is 33.4 Å². The van der Waals surface area contributed by atoms with Crippen LogP contribution in [0.15, 0.2) is 364 Å². The third-order valence-electron chi connectivity index (χ3n) is 13.6. The Labute approximate surface area is 558 Å². The van der Waals surface area contributed by atoms with Crippen molar-refractivity contribution in [3.05, 3.63) is 397 Å². The zero-order valence-corrected chi connectivity index (χ0v) is 57.4. The summed E-state index contributed by atoms with van der Waals surface area (Å²) in [6.07, 6.45) is 7.17. The van der Waals surface area contributed by atoms with Gasteiger partial charge in [0.1, 0.15) is 0 Å². The van der Waals surface area contributed by atoms with Crippen LogP contribution >= 0.6 is 72.5 Å². The molecule has 0 saturated heterocycles. The smallest absolute Gasteiger partial charge is 0.00671 e. The summed E-state index contributed by atoms with van der Waals surface area (Å²) in [5.74, 6) is 0. The molecule has 0 fully saturated rings. The Hall–Kier alpha value is -5.49. The Morgan fingerprint density at radius 3 is 0.386 bits per heavy atom. The van der Waals surface area contributed by atoms with Gasteiger partial charge in [-0.15, -0.1) is 0 Å². The summed E-state index contributed by atoms with van der Waals surface area (Å²) >= 11 is 1.14. The van der Waals surface area contributed by atoms with Crippen LogP contribution in [0.5, 0.6) is 0 Å². The van der Waals surface area contributed by atoms with E-state index in [2.05, 4.69) is 364 Å². The van der Waals surface area contributed by atoms with Gasteiger partial charge in [-0.1, -0.05) is 380 Å². The molecular weight excluding hydrogens is 1320 g/mol. The van der Waals surface area contributed by atoms with Crippen molar-refractivity contribution in [2.75, 3.05) is 0 Å². The van der Waals surface area contributed by atoms with Gasteiger partial charge in [-0.25, -0.2) is 0 Å². The molecule has 0 aliphatic carbocycles. The van der Waals surface area contributed by atoms with E-state index < -0.39 is 15.8 Å². The van der Waals surface area contributed by atoms with Crippen LogP contribution < -0.4 is 31.8 Å². The van der Waals surface area contributed by atoms with Gasteiger partial charge in [0.05, 0.1) is 0 Å². The van der Waals surface area contributed by atoms with E-state index in [9.17, 15) is 0 Å². The summed E-state index contributed by atoms with van der Waals surface area (Å²) in [5.41, 5.74) is 8.75. The predicted molar refractivity (Wildman–Crippen MR) is 388 cm³/mol. The van der Waals surface area contributed by atoms with Gasteiger partial charge in [0.2, 0.25) is 0 Å². The molecule has 0 amide bonds. The predicted octanol–water partition coefficient (Wildman–Crippen LogP) is 21.8. The molecule has 88 heavy (non-hydrogen) atoms. The molecule has 0 atom stereocenters. The van der Waals surface area contributed by atoms with E-state index in [0.29, 0.717) is 25.3 Å². The zero-order valence-electron chi connectivity index (χ0n) is 48.8. The van der Waals surface area contributed by atoms with E-state index in [1.165, 1.54) is 102 Å². The van der Waals surface area contributed by atoms with Crippen LogP contribution in [0.3, 0.4) is 0 Å². The fourth-order valence-corrected chi connectivity index (χ4v) is 19.4. The number of hydrogen-bond donors (Lipinski definition) is 0. The second kappa shape index (κ2) is 43.3. The Kier molecular flexibility index (Phi) is 34.4. The van der Waals surface area contributed by atoms with Gasteiger partial charge in [0.25, 0.3) is 0 Å². The second-order valence-corrected chi connectivity index (χ2v) is 32.3. The summed E-state index contributed by atoms with van der Waals surface area (Å²) in [7, 11) is 17.7. The van der Waals surface area contributed by atoms with E-state index in [1.807, 2.05) is 0 Å². The van der Waals surface area contributed by atoms with Crippen molar-refractivity contribution in [1.29, 1.82) is 0 Å². The largest absolute Gasteiger partial charge is 0.0932 e. The summed E-state index contributed by atoms with van der Waals surface area (Å²) in [6.45, 7) is 0. The Morgan fingerprint density at radius 2 is 0.273 bits per heavy atom. The first-order valence-corrected chi connectivity index (χ1v) is 40.7. The van der Waals surface area contributed by atoms with Crippen LogP contribution in [-0.4, -0.2) is 0 Å². The molecule has 12 aromatic rings. The third kappa shape index (κ3) is 26.5. The minimum absolute atomic E-state index is 0.0895. The van der Waals surface area contributed by atoms with Crippen molar-refractivity contribution < 1.29 is 25.3 Å². The number of benzene rings is 12. The van der Waals surface area contributed by atoms with E-state index in [-0.39, 0.29) is 15.8 Å². The molecule has 0 bridgehead atoms. The summed E-state index contributed by atoms with van der Waals surface area (Å²) in [6, 6.07) is 130. The van der Waals surface area contributed by atoms with E-state index >= 15 is 0 Å². The van der Waals surface area contributed by atoms with Crippen molar-refractivity contribution >= 4 is 104 Å². The molecule has 0 saturated carbocycles. The quantitative estimate of drug-likeness (QED) is 0.0593. The van der Waals surface area contributed by atoms with Crippen molar-refractivity contribution in [3.63, 3.8) is 0 Å². The van der Waals surface area contributed by atoms with Gasteiger partial charge >= 0.3 is 66.1 Å². The van der Waals surface area contributed by atoms with Crippen LogP contribution in [-0.2, 0) is 62.3 Å². The molecule has 0 aliphatic heterocycles. The van der Waals surface area contributed by atoms with Crippen molar-refractivity contribution in [1.82, 2.24) is 0 Å². The monoisotopic (exact) mass is 1390 g/mol. The first-order chi connectivity index (χ1) is 43.5. The average molecular weight is 1390 g/mol. The topological polar surface area (TPSA) is 0 Å². The van der Waals surface area contributed by atoms with Crippen molar-refractivity contribution in [3.8, 4) is 0 Å². The van der Waals surface area contributed by atoms with E-state index in [0.717, 1.165) is 0 Å². The maximum atomic E-state index is 4.70. The summed E-state index contributed by atoms with van der Waals surface area (Å²) < 4.78 is 0. The van der Waals surface area contributed by atoms with Gasteiger partial charge < -0.3 is 0 Å². The Balaban J connectivity index is 0.000000163. The fourth-order valence-electron chi connectivity index (χ4n) is 9.74. The van der Waals surface area contributed by atoms with E-state index in [1.54, 1.807) is 0 Å². The molecule has 12 rings (SSSR count). The van der Waals surface area contributed by atoms with Crippen molar-refractivity contribution in [2.45, 2.75) is 37.0 Å². The molecule has 0 spiro atoms. The summed E-state index contributed by atoms with van der Waals surface area (Å²) in [4.78, 5) is 0. The molecule has 0 unspecified atom stereocenters. The van der Waals surface area contributed by atoms with Crippen LogP contribution in [0.25, 0.3) is 0 Å². The molecule has 0 heterocycles. The fraction of sp³-hybridized carbons (Fsp3) is 0.0769. The molecule has 0 aliphatic rings. The molecule has 0 N–H and O–H groups in total. The SMILES string of the molecule is [Cl][Ni][Cl].[Cl][Ni][Cl].c1ccc(CP(Cc2ccccc2)Cc2ccccc2)cc1.c1ccc(CP(Cc2ccccc2)Cc2ccccc2)cc1.c1ccc(P(c2ccccc2)c2ccccc2)cc1.c1ccc(P(c2ccccc2)c2ccccc2)cc1. The normalized spacial score (nSPS) is 10.5. The first kappa shape index (κ1) is 70.0. The maximum Gasteiger partial charge on any atom is -0.00671 e. The van der Waals surface area contributed by atoms with Gasteiger partial charge in [0, 0.05) is 0 Å². The van der Waals surface area contributed by atoms with Crippen LogP contribution in [0.4, 0.5) is 0 Å². The standard InChI is InChI=1S/2C21H21P.2C18H15P.4ClH.2Ni/c2*1-4-10-19(11-5-1)16-22(17-20-12-6-2-7-13-20)18-21-14-8-3-9-15-21;2*1-4-10-16(11-5-1)19(17-12-6-2-7-13-17)18-14-8-3-9-15-18;;;;;;/h2*1-15H,16-18H2;2*1-15H;4*1H;;/q;;;;;;;;2*+2/p-4. The average Bonchev–Trinajstić information content (AvgIpc) is 3.52. The van der Waals surface area contributed by atoms with Gasteiger partial charge in [-0.05, 0) is 118 Å². The minimum atomic E-state index is -0.446. The maximum absolute atomic E-state index is 4.70. The van der Waals surface area contributed by atoms with Crippen molar-refractivity contribution in [2.24, 2.45) is 0 Å². The Morgan fingerprint density at radius 1 is 0.170 bits per heavy atom. The molecule has 452 valence electrons. The Bertz CT molecular complexity index is 2980. The first-order valence-electron chi connectivity index (χ1n) is 28.8. The molecule has 0 radical (unpaired) electrons. The second-order valence-electron chi connectivity index (χ2n) is 20.0. The minimum Gasteiger partial charge on any atom is -0.0932 e. The van der Waals surface area contributed by atoms with Gasteiger partial charge in [-0.2, -0.15) is 0 Å². The number of hydrogen-bond acceptors (Lipinski definition) is 0. The molecular formula is C78H72Cl4Ni2P4. The van der Waals surface area contributed by atoms with Crippen LogP contribution in [0, 0.1) is 0 Å². The third-order valence-corrected chi connectivity index (χ3v) is 23.3. The molecule has 10 heteroatoms. The molecule has 12 aromatic carbocycles. The van der Waals surface area contributed by atoms with Crippen LogP contribution in [0.2, 0.25) is 0 Å². The molecule has 0 nitrogen and oxygen atoms in total. The molecule has 0 aromatic heterocycles. The summed E-state index contributed by atoms with van der Waals surface area (Å²) in [5, 5.41) is 8.39. The number of halogens is 4. The zero-order chi connectivity index (χ0) is 61.3. The number of rotatable bonds is 18. The van der Waals surface area contributed by atoms with Gasteiger partial charge in [0.15, 0.2) is 0 Å². The van der Waals surface area contributed by atoms with E-state index in [4.69, 9.17) is 40.8 Å².